The number of aliphatic hydroxyl groups excluding tert-OH is 2. The van der Waals surface area contributed by atoms with E-state index in [9.17, 15) is 48.6 Å². The number of aliphatic hydroxyl groups is 2. The minimum atomic E-state index is -1.70. The zero-order valence-corrected chi connectivity index (χ0v) is 39.7. The Bertz CT molecular complexity index is 1790. The van der Waals surface area contributed by atoms with E-state index in [-0.39, 0.29) is 25.2 Å². The van der Waals surface area contributed by atoms with Gasteiger partial charge in [0.1, 0.15) is 42.4 Å². The van der Waals surface area contributed by atoms with E-state index in [0.29, 0.717) is 19.4 Å². The van der Waals surface area contributed by atoms with Gasteiger partial charge in [0.25, 0.3) is 0 Å². The molecule has 9 unspecified atom stereocenters. The average molecular weight is 945 g/mol. The van der Waals surface area contributed by atoms with Crippen molar-refractivity contribution in [3.05, 3.63) is 35.9 Å². The number of cyclic esters (lactones) is 1. The predicted octanol–water partition coefficient (Wildman–Crippen LogP) is -0.279. The maximum Gasteiger partial charge on any atom is 0.328 e. The summed E-state index contributed by atoms with van der Waals surface area (Å²) < 4.78 is 5.56. The first-order valence-electron chi connectivity index (χ1n) is 23.5. The van der Waals surface area contributed by atoms with Gasteiger partial charge in [-0.2, -0.15) is 0 Å². The number of rotatable bonds is 23. The Morgan fingerprint density at radius 2 is 1.24 bits per heavy atom. The quantitative estimate of drug-likeness (QED) is 0.0292. The van der Waals surface area contributed by atoms with Crippen LogP contribution >= 0.6 is 0 Å². The lowest BCUT2D eigenvalue weighted by Gasteiger charge is -2.30. The van der Waals surface area contributed by atoms with Gasteiger partial charge in [0.15, 0.2) is 5.96 Å². The second kappa shape index (κ2) is 30.5. The van der Waals surface area contributed by atoms with Gasteiger partial charge in [-0.15, -0.1) is 0 Å². The highest BCUT2D eigenvalue weighted by Crippen LogP contribution is 2.15. The summed E-state index contributed by atoms with van der Waals surface area (Å²) in [6.07, 6.45) is 5.48. The predicted molar refractivity (Wildman–Crippen MR) is 250 cm³/mol. The van der Waals surface area contributed by atoms with Crippen LogP contribution in [0.25, 0.3) is 0 Å². The Morgan fingerprint density at radius 3 is 1.81 bits per heavy atom. The molecule has 1 fully saturated rings. The van der Waals surface area contributed by atoms with Crippen LogP contribution in [-0.4, -0.2) is 125 Å². The summed E-state index contributed by atoms with van der Waals surface area (Å²) in [6.45, 7) is 7.65. The topological polar surface area (TPSA) is 349 Å². The lowest BCUT2D eigenvalue weighted by atomic mass is 9.99. The van der Waals surface area contributed by atoms with Crippen molar-refractivity contribution in [1.29, 1.82) is 0 Å². The van der Waals surface area contributed by atoms with E-state index in [0.717, 1.165) is 63.4 Å². The fourth-order valence-electron chi connectivity index (χ4n) is 7.38. The molecular weight excluding hydrogens is 869 g/mol. The van der Waals surface area contributed by atoms with Crippen LogP contribution in [0.4, 0.5) is 0 Å². The number of amides is 7. The summed E-state index contributed by atoms with van der Waals surface area (Å²) in [5.74, 6) is -8.09. The molecule has 376 valence electrons. The molecule has 0 aromatic heterocycles. The van der Waals surface area contributed by atoms with Crippen molar-refractivity contribution in [2.45, 2.75) is 185 Å². The highest BCUT2D eigenvalue weighted by molar-refractivity contribution is 5.98. The molecule has 21 nitrogen and oxygen atoms in total. The molecular formula is C46H76N10O11. The zero-order valence-electron chi connectivity index (χ0n) is 39.7. The van der Waals surface area contributed by atoms with Gasteiger partial charge >= 0.3 is 5.97 Å². The first-order chi connectivity index (χ1) is 31.7. The van der Waals surface area contributed by atoms with Gasteiger partial charge in [0.05, 0.1) is 25.0 Å². The highest BCUT2D eigenvalue weighted by Gasteiger charge is 2.38. The van der Waals surface area contributed by atoms with E-state index < -0.39 is 114 Å². The molecule has 1 aliphatic rings. The van der Waals surface area contributed by atoms with Crippen LogP contribution < -0.4 is 49.1 Å². The largest absolute Gasteiger partial charge is 0.458 e. The highest BCUT2D eigenvalue weighted by atomic mass is 16.5. The van der Waals surface area contributed by atoms with Gasteiger partial charge < -0.3 is 64.1 Å². The summed E-state index contributed by atoms with van der Waals surface area (Å²) in [5.41, 5.74) is 16.9. The van der Waals surface area contributed by atoms with E-state index in [2.05, 4.69) is 36.9 Å². The lowest BCUT2D eigenvalue weighted by molar-refractivity contribution is -0.155. The number of benzene rings is 1. The Balaban J connectivity index is 2.29. The molecule has 67 heavy (non-hydrogen) atoms. The summed E-state index contributed by atoms with van der Waals surface area (Å²) in [6, 6.07) is -0.104. The van der Waals surface area contributed by atoms with E-state index in [4.69, 9.17) is 21.9 Å². The number of nitrogens with zero attached hydrogens (tertiary/aromatic N) is 1. The van der Waals surface area contributed by atoms with E-state index in [1.165, 1.54) is 20.8 Å². The lowest BCUT2D eigenvalue weighted by Crippen LogP contribution is -2.62. The van der Waals surface area contributed by atoms with Crippen molar-refractivity contribution < 1.29 is 53.3 Å². The van der Waals surface area contributed by atoms with Gasteiger partial charge in [-0.1, -0.05) is 102 Å². The molecule has 9 atom stereocenters. The maximum atomic E-state index is 14.1. The van der Waals surface area contributed by atoms with Crippen LogP contribution in [0.2, 0.25) is 0 Å². The number of primary amides is 1. The maximum absolute atomic E-state index is 14.1. The SMILES string of the molecule is CC1NC(=O)C(CC(N)=O)NC(=O)C(C(C)O)NC(=O)C(CCc2ccccc2)NC(=O)C(C(C)C)NC(=O)C(NC(=O)CC(O)CCCCCCCCCCCCN=C(N)N)C(C)OC1=O. The Morgan fingerprint density at radius 1 is 0.701 bits per heavy atom. The molecule has 0 saturated carbocycles. The summed E-state index contributed by atoms with van der Waals surface area (Å²) in [7, 11) is 0. The van der Waals surface area contributed by atoms with Crippen LogP contribution in [0.5, 0.6) is 0 Å². The normalized spacial score (nSPS) is 23.4. The van der Waals surface area contributed by atoms with Crippen molar-refractivity contribution >= 4 is 53.3 Å². The number of carbonyl (C=O) groups excluding carboxylic acids is 8. The van der Waals surface area contributed by atoms with Crippen molar-refractivity contribution in [3.8, 4) is 0 Å². The monoisotopic (exact) mass is 945 g/mol. The molecule has 1 saturated heterocycles. The third-order valence-electron chi connectivity index (χ3n) is 11.3. The van der Waals surface area contributed by atoms with Crippen LogP contribution in [0.1, 0.15) is 130 Å². The van der Waals surface area contributed by atoms with Gasteiger partial charge in [-0.25, -0.2) is 4.79 Å². The Hall–Kier alpha value is -5.83. The molecule has 21 heteroatoms. The number of ether oxygens (including phenoxy) is 1. The number of nitrogens with two attached hydrogens (primary N) is 3. The van der Waals surface area contributed by atoms with Gasteiger partial charge in [0, 0.05) is 6.54 Å². The van der Waals surface area contributed by atoms with Crippen molar-refractivity contribution in [1.82, 2.24) is 31.9 Å². The van der Waals surface area contributed by atoms with Crippen LogP contribution in [0.3, 0.4) is 0 Å². The van der Waals surface area contributed by atoms with Gasteiger partial charge in [-0.05, 0) is 57.9 Å². The third-order valence-corrected chi connectivity index (χ3v) is 11.3. The number of carbonyl (C=O) groups is 8. The molecule has 1 aliphatic heterocycles. The van der Waals surface area contributed by atoms with E-state index in [1.54, 1.807) is 32.0 Å². The molecule has 1 aromatic carbocycles. The Labute approximate surface area is 393 Å². The zero-order chi connectivity index (χ0) is 50.1. The third kappa shape index (κ3) is 22.5. The van der Waals surface area contributed by atoms with Crippen molar-refractivity contribution in [2.24, 2.45) is 28.1 Å². The first kappa shape index (κ1) is 57.3. The van der Waals surface area contributed by atoms with Crippen molar-refractivity contribution in [2.75, 3.05) is 6.54 Å². The molecule has 1 heterocycles. The molecule has 2 rings (SSSR count). The van der Waals surface area contributed by atoms with E-state index in [1.807, 2.05) is 12.1 Å². The Kier molecular flexibility index (Phi) is 26.0. The summed E-state index contributed by atoms with van der Waals surface area (Å²) >= 11 is 0. The average Bonchev–Trinajstić information content (AvgIpc) is 3.25. The number of aliphatic imine (C=N–C) groups is 1. The first-order valence-corrected chi connectivity index (χ1v) is 23.5. The van der Waals surface area contributed by atoms with Crippen molar-refractivity contribution in [3.63, 3.8) is 0 Å². The number of unbranched alkanes of at least 4 members (excludes halogenated alkanes) is 9. The fraction of sp³-hybridized carbons (Fsp3) is 0.674. The number of esters is 1. The summed E-state index contributed by atoms with van der Waals surface area (Å²) in [4.78, 5) is 112. The number of aryl methyl sites for hydroxylation is 1. The standard InChI is InChI=1S/C46H76N10O11/c1-27(2)37-42(63)52-33(23-22-31-19-15-14-16-20-31)40(61)56-38(29(4)57)43(64)53-34(26-35(47)59)41(62)51-28(3)45(66)67-30(5)39(44(65)55-37)54-36(60)25-32(58)21-17-12-10-8-6-7-9-11-13-18-24-50-46(48)49/h14-16,19-20,27-30,32-34,37-39,57-58H,6-13,17-18,21-26H2,1-5H3,(H2,47,59)(H,51,62)(H,52,63)(H,53,64)(H,54,60)(H,55,65)(H,56,61)(H4,48,49,50). The molecule has 0 radical (unpaired) electrons. The molecule has 7 amide bonds. The minimum absolute atomic E-state index is 0.00248. The molecule has 0 aliphatic carbocycles. The van der Waals surface area contributed by atoms with Crippen LogP contribution in [0.15, 0.2) is 35.3 Å². The molecule has 0 spiro atoms. The summed E-state index contributed by atoms with van der Waals surface area (Å²) in [5, 5.41) is 36.3. The van der Waals surface area contributed by atoms with Gasteiger partial charge in [0.2, 0.25) is 41.4 Å². The van der Waals surface area contributed by atoms with E-state index >= 15 is 0 Å². The fourth-order valence-corrected chi connectivity index (χ4v) is 7.38. The smallest absolute Gasteiger partial charge is 0.328 e. The second-order valence-electron chi connectivity index (χ2n) is 17.7. The number of nitrogens with one attached hydrogen (secondary N) is 6. The minimum Gasteiger partial charge on any atom is -0.458 e. The molecule has 14 N–H and O–H groups in total. The molecule has 0 bridgehead atoms. The van der Waals surface area contributed by atoms with Crippen LogP contribution in [-0.2, 0) is 49.5 Å². The second-order valence-corrected chi connectivity index (χ2v) is 17.7. The number of hydrogen-bond donors (Lipinski definition) is 11. The number of hydrogen-bond acceptors (Lipinski definition) is 12. The number of guanidine groups is 1. The van der Waals surface area contributed by atoms with Gasteiger partial charge in [-0.3, -0.25) is 38.6 Å². The van der Waals surface area contributed by atoms with Crippen LogP contribution in [0, 0.1) is 5.92 Å². The molecule has 1 aromatic rings.